The van der Waals surface area contributed by atoms with Crippen LogP contribution in [0.15, 0.2) is 10.7 Å². The molecule has 0 saturated carbocycles. The number of pyridine rings is 1. The maximum Gasteiger partial charge on any atom is 0.338 e. The quantitative estimate of drug-likeness (QED) is 0.720. The Morgan fingerprint density at radius 3 is 2.67 bits per heavy atom. The Labute approximate surface area is 77.0 Å². The number of halogens is 1. The lowest BCUT2D eigenvalue weighted by Gasteiger charge is -2.02. The van der Waals surface area contributed by atoms with Gasteiger partial charge in [-0.3, -0.25) is 0 Å². The van der Waals surface area contributed by atoms with Crippen molar-refractivity contribution in [1.29, 1.82) is 0 Å². The Kier molecular flexibility index (Phi) is 2.32. The first kappa shape index (κ1) is 8.99. The number of aromatic nitrogens is 1. The summed E-state index contributed by atoms with van der Waals surface area (Å²) < 4.78 is 0.146. The van der Waals surface area contributed by atoms with Crippen molar-refractivity contribution in [2.75, 3.05) is 0 Å². The number of nitrogens with zero attached hydrogens (tertiary/aromatic N) is 1. The molecule has 64 valence electrons. The molecule has 0 spiro atoms. The van der Waals surface area contributed by atoms with Crippen LogP contribution in [0.1, 0.15) is 15.9 Å². The van der Waals surface area contributed by atoms with Gasteiger partial charge in [0.15, 0.2) is 0 Å². The van der Waals surface area contributed by atoms with Crippen molar-refractivity contribution in [3.63, 3.8) is 0 Å². The minimum atomic E-state index is -1.06. The highest BCUT2D eigenvalue weighted by Crippen LogP contribution is 2.21. The van der Waals surface area contributed by atoms with Crippen molar-refractivity contribution in [2.45, 2.75) is 6.92 Å². The van der Waals surface area contributed by atoms with Crippen LogP contribution in [-0.4, -0.2) is 21.2 Å². The van der Waals surface area contributed by atoms with Crippen molar-refractivity contribution in [3.8, 4) is 5.88 Å². The highest BCUT2D eigenvalue weighted by Gasteiger charge is 2.13. The third-order valence-corrected chi connectivity index (χ3v) is 1.95. The minimum Gasteiger partial charge on any atom is -0.493 e. The lowest BCUT2D eigenvalue weighted by atomic mass is 10.2. The second-order valence-electron chi connectivity index (χ2n) is 2.27. The van der Waals surface area contributed by atoms with Gasteiger partial charge in [0.05, 0.1) is 5.56 Å². The highest BCUT2D eigenvalue weighted by atomic mass is 79.9. The molecule has 0 radical (unpaired) electrons. The van der Waals surface area contributed by atoms with Crippen LogP contribution in [0.2, 0.25) is 0 Å². The molecule has 2 N–H and O–H groups in total. The number of carboxylic acid groups (broad SMARTS) is 1. The van der Waals surface area contributed by atoms with Crippen molar-refractivity contribution in [1.82, 2.24) is 4.98 Å². The van der Waals surface area contributed by atoms with Gasteiger partial charge < -0.3 is 10.2 Å². The molecule has 0 amide bonds. The van der Waals surface area contributed by atoms with Crippen molar-refractivity contribution in [3.05, 3.63) is 21.8 Å². The van der Waals surface area contributed by atoms with Crippen LogP contribution in [0.5, 0.6) is 5.88 Å². The van der Waals surface area contributed by atoms with E-state index in [-0.39, 0.29) is 16.0 Å². The first-order valence-corrected chi connectivity index (χ1v) is 3.91. The largest absolute Gasteiger partial charge is 0.493 e. The molecule has 0 atom stereocenters. The lowest BCUT2D eigenvalue weighted by molar-refractivity contribution is 0.0694. The molecule has 12 heavy (non-hydrogen) atoms. The number of hydrogen-bond acceptors (Lipinski definition) is 3. The topological polar surface area (TPSA) is 70.4 Å². The first-order valence-electron chi connectivity index (χ1n) is 3.11. The van der Waals surface area contributed by atoms with E-state index in [2.05, 4.69) is 20.9 Å². The fraction of sp³-hybridized carbons (Fsp3) is 0.143. The standard InChI is InChI=1S/C7H6BrNO3/c1-3-2-4(10)9-6(8)5(3)7(11)12/h2H,1H3,(H,9,10)(H,11,12). The third-order valence-electron chi connectivity index (χ3n) is 1.37. The van der Waals surface area contributed by atoms with Crippen LogP contribution in [0, 0.1) is 6.92 Å². The van der Waals surface area contributed by atoms with Gasteiger partial charge in [-0.05, 0) is 28.4 Å². The predicted octanol–water partition coefficient (Wildman–Crippen LogP) is 1.56. The normalized spacial score (nSPS) is 9.83. The Morgan fingerprint density at radius 2 is 2.25 bits per heavy atom. The molecule has 1 aromatic heterocycles. The summed E-state index contributed by atoms with van der Waals surface area (Å²) in [7, 11) is 0. The van der Waals surface area contributed by atoms with Gasteiger partial charge in [-0.2, -0.15) is 0 Å². The number of rotatable bonds is 1. The van der Waals surface area contributed by atoms with Gasteiger partial charge in [-0.1, -0.05) is 0 Å². The minimum absolute atomic E-state index is 0.0767. The fourth-order valence-corrected chi connectivity index (χ4v) is 1.54. The Hall–Kier alpha value is -1.10. The van der Waals surface area contributed by atoms with Crippen molar-refractivity contribution >= 4 is 21.9 Å². The fourth-order valence-electron chi connectivity index (χ4n) is 0.874. The zero-order valence-electron chi connectivity index (χ0n) is 6.21. The smallest absolute Gasteiger partial charge is 0.338 e. The summed E-state index contributed by atoms with van der Waals surface area (Å²) in [5, 5.41) is 17.7. The van der Waals surface area contributed by atoms with E-state index in [0.717, 1.165) is 0 Å². The molecule has 0 aliphatic heterocycles. The Balaban J connectivity index is 3.38. The van der Waals surface area contributed by atoms with Crippen LogP contribution in [0.25, 0.3) is 0 Å². The Morgan fingerprint density at radius 1 is 1.67 bits per heavy atom. The average Bonchev–Trinajstić information content (AvgIpc) is 1.82. The van der Waals surface area contributed by atoms with Crippen molar-refractivity contribution in [2.24, 2.45) is 0 Å². The van der Waals surface area contributed by atoms with E-state index in [1.165, 1.54) is 6.07 Å². The van der Waals surface area contributed by atoms with E-state index in [4.69, 9.17) is 10.2 Å². The second kappa shape index (κ2) is 3.10. The molecule has 0 unspecified atom stereocenters. The van der Waals surface area contributed by atoms with Crippen LogP contribution >= 0.6 is 15.9 Å². The van der Waals surface area contributed by atoms with Crippen LogP contribution in [-0.2, 0) is 0 Å². The van der Waals surface area contributed by atoms with E-state index < -0.39 is 5.97 Å². The molecule has 1 rings (SSSR count). The van der Waals surface area contributed by atoms with Gasteiger partial charge in [-0.15, -0.1) is 0 Å². The van der Waals surface area contributed by atoms with Gasteiger partial charge in [0, 0.05) is 6.07 Å². The number of carboxylic acids is 1. The summed E-state index contributed by atoms with van der Waals surface area (Å²) in [5.74, 6) is -1.25. The molecule has 4 nitrogen and oxygen atoms in total. The summed E-state index contributed by atoms with van der Waals surface area (Å²) in [6.45, 7) is 1.59. The highest BCUT2D eigenvalue weighted by molar-refractivity contribution is 9.10. The van der Waals surface area contributed by atoms with E-state index >= 15 is 0 Å². The molecule has 0 fully saturated rings. The van der Waals surface area contributed by atoms with Gasteiger partial charge in [0.1, 0.15) is 4.60 Å². The molecular weight excluding hydrogens is 226 g/mol. The summed E-state index contributed by atoms with van der Waals surface area (Å²) in [6, 6.07) is 1.30. The molecular formula is C7H6BrNO3. The zero-order valence-corrected chi connectivity index (χ0v) is 7.79. The first-order chi connectivity index (χ1) is 5.52. The number of aryl methyl sites for hydroxylation is 1. The average molecular weight is 232 g/mol. The summed E-state index contributed by atoms with van der Waals surface area (Å²) in [4.78, 5) is 14.1. The molecule has 0 bridgehead atoms. The molecule has 1 heterocycles. The van der Waals surface area contributed by atoms with Gasteiger partial charge >= 0.3 is 5.97 Å². The molecule has 0 aliphatic rings. The van der Waals surface area contributed by atoms with E-state index in [9.17, 15) is 4.79 Å². The summed E-state index contributed by atoms with van der Waals surface area (Å²) >= 11 is 2.95. The maximum atomic E-state index is 10.6. The Bertz CT molecular complexity index is 314. The predicted molar refractivity (Wildman–Crippen MR) is 45.3 cm³/mol. The number of hydrogen-bond donors (Lipinski definition) is 2. The van der Waals surface area contributed by atoms with Crippen LogP contribution in [0.4, 0.5) is 0 Å². The molecule has 0 saturated heterocycles. The van der Waals surface area contributed by atoms with Crippen LogP contribution < -0.4 is 0 Å². The summed E-state index contributed by atoms with van der Waals surface area (Å²) in [6.07, 6.45) is 0. The number of aromatic carboxylic acids is 1. The lowest BCUT2D eigenvalue weighted by Crippen LogP contribution is -2.02. The van der Waals surface area contributed by atoms with Gasteiger partial charge in [0.25, 0.3) is 0 Å². The SMILES string of the molecule is Cc1cc(O)nc(Br)c1C(=O)O. The molecule has 0 aliphatic carbocycles. The molecule has 5 heteroatoms. The molecule has 1 aromatic rings. The number of carbonyl (C=O) groups is 1. The molecule has 0 aromatic carbocycles. The third kappa shape index (κ3) is 1.55. The zero-order chi connectivity index (χ0) is 9.30. The van der Waals surface area contributed by atoms with E-state index in [0.29, 0.717) is 5.56 Å². The van der Waals surface area contributed by atoms with Gasteiger partial charge in [0.2, 0.25) is 5.88 Å². The van der Waals surface area contributed by atoms with Crippen molar-refractivity contribution < 1.29 is 15.0 Å². The summed E-state index contributed by atoms with van der Waals surface area (Å²) in [5.41, 5.74) is 0.551. The van der Waals surface area contributed by atoms with E-state index in [1.807, 2.05) is 0 Å². The van der Waals surface area contributed by atoms with Crippen LogP contribution in [0.3, 0.4) is 0 Å². The monoisotopic (exact) mass is 231 g/mol. The maximum absolute atomic E-state index is 10.6. The second-order valence-corrected chi connectivity index (χ2v) is 3.02. The number of aromatic hydroxyl groups is 1. The van der Waals surface area contributed by atoms with E-state index in [1.54, 1.807) is 6.92 Å². The van der Waals surface area contributed by atoms with Gasteiger partial charge in [-0.25, -0.2) is 9.78 Å².